The minimum absolute atomic E-state index is 0.00782. The molecule has 3 aromatic rings. The number of benzene rings is 1. The van der Waals surface area contributed by atoms with Crippen molar-refractivity contribution in [2.45, 2.75) is 39.8 Å². The lowest BCUT2D eigenvalue weighted by atomic mass is 9.99. The highest BCUT2D eigenvalue weighted by molar-refractivity contribution is 6.37. The zero-order chi connectivity index (χ0) is 21.7. The van der Waals surface area contributed by atoms with E-state index in [1.165, 1.54) is 13.0 Å². The van der Waals surface area contributed by atoms with E-state index in [0.29, 0.717) is 21.3 Å². The molecule has 0 fully saturated rings. The lowest BCUT2D eigenvalue weighted by molar-refractivity contribution is -0.142. The fourth-order valence-corrected chi connectivity index (χ4v) is 3.19. The van der Waals surface area contributed by atoms with Crippen LogP contribution in [0.1, 0.15) is 52.8 Å². The number of carbonyl (C=O) groups is 1. The van der Waals surface area contributed by atoms with Gasteiger partial charge in [0, 0.05) is 11.4 Å². The van der Waals surface area contributed by atoms with E-state index in [4.69, 9.17) is 11.6 Å². The third-order valence-electron chi connectivity index (χ3n) is 4.41. The van der Waals surface area contributed by atoms with Gasteiger partial charge in [0.05, 0.1) is 0 Å². The van der Waals surface area contributed by atoms with Gasteiger partial charge in [-0.15, -0.1) is 0 Å². The van der Waals surface area contributed by atoms with Crippen molar-refractivity contribution in [3.63, 3.8) is 0 Å². The summed E-state index contributed by atoms with van der Waals surface area (Å²) in [6, 6.07) is 3.94. The molecular weight excluding hydrogens is 409 g/mol. The number of nitrogens with zero attached hydrogens (tertiary/aromatic N) is 3. The van der Waals surface area contributed by atoms with Crippen molar-refractivity contribution in [1.29, 1.82) is 0 Å². The number of amides is 1. The normalized spacial score (nSPS) is 12.0. The smallest absolute Gasteiger partial charge is 0.433 e. The lowest BCUT2D eigenvalue weighted by Gasteiger charge is -2.14. The fourth-order valence-electron chi connectivity index (χ4n) is 2.95. The predicted molar refractivity (Wildman–Crippen MR) is 103 cm³/mol. The van der Waals surface area contributed by atoms with E-state index in [1.54, 1.807) is 13.0 Å². The zero-order valence-electron chi connectivity index (χ0n) is 16.0. The average Bonchev–Trinajstić information content (AvgIpc) is 2.92. The molecule has 0 aliphatic carbocycles. The number of nitrogens with one attached hydrogen (secondary N) is 1. The Balaban J connectivity index is 2.07. The monoisotopic (exact) mass is 426 g/mol. The van der Waals surface area contributed by atoms with Crippen molar-refractivity contribution in [3.8, 4) is 5.75 Å². The molecule has 2 heterocycles. The van der Waals surface area contributed by atoms with Crippen LogP contribution in [0.3, 0.4) is 0 Å². The average molecular weight is 427 g/mol. The molecule has 0 atom stereocenters. The minimum Gasteiger partial charge on any atom is -0.508 e. The Kier molecular flexibility index (Phi) is 5.20. The Bertz CT molecular complexity index is 1120. The number of hydrogen-bond acceptors (Lipinski definition) is 4. The first-order valence-corrected chi connectivity index (χ1v) is 9.06. The molecule has 10 heteroatoms. The Hall–Kier alpha value is -2.81. The summed E-state index contributed by atoms with van der Waals surface area (Å²) in [4.78, 5) is 16.7. The molecule has 29 heavy (non-hydrogen) atoms. The standard InChI is InChI=1S/C19H18ClF3N4O2/c1-8(2)11-7-12(9(3)5-13(11)28)25-18(29)16-15(20)17-24-10(4)6-14(19(21,22)23)27(17)26-16/h5-8,28H,1-4H3,(H,25,29). The first-order valence-electron chi connectivity index (χ1n) is 8.68. The van der Waals surface area contributed by atoms with Gasteiger partial charge in [-0.3, -0.25) is 4.79 Å². The first-order chi connectivity index (χ1) is 13.4. The molecule has 0 bridgehead atoms. The third kappa shape index (κ3) is 3.87. The number of fused-ring (bicyclic) bond motifs is 1. The Morgan fingerprint density at radius 2 is 1.90 bits per heavy atom. The van der Waals surface area contributed by atoms with E-state index in [0.717, 1.165) is 6.07 Å². The number of aryl methyl sites for hydroxylation is 2. The molecule has 0 saturated heterocycles. The number of hydrogen-bond donors (Lipinski definition) is 2. The van der Waals surface area contributed by atoms with E-state index in [2.05, 4.69) is 15.4 Å². The van der Waals surface area contributed by atoms with E-state index in [-0.39, 0.29) is 33.7 Å². The molecule has 1 aromatic carbocycles. The van der Waals surface area contributed by atoms with Gasteiger partial charge in [0.25, 0.3) is 5.91 Å². The van der Waals surface area contributed by atoms with E-state index >= 15 is 0 Å². The van der Waals surface area contributed by atoms with Gasteiger partial charge in [0.2, 0.25) is 0 Å². The first kappa shape index (κ1) is 20.9. The number of anilines is 1. The number of alkyl halides is 3. The van der Waals surface area contributed by atoms with Crippen LogP contribution in [0.4, 0.5) is 18.9 Å². The number of aromatic hydroxyl groups is 1. The van der Waals surface area contributed by atoms with Gasteiger partial charge in [0.15, 0.2) is 11.3 Å². The van der Waals surface area contributed by atoms with Crippen molar-refractivity contribution in [2.24, 2.45) is 0 Å². The molecule has 1 amide bonds. The second-order valence-electron chi connectivity index (χ2n) is 7.01. The molecule has 3 rings (SSSR count). The zero-order valence-corrected chi connectivity index (χ0v) is 16.8. The van der Waals surface area contributed by atoms with Crippen LogP contribution in [0, 0.1) is 13.8 Å². The van der Waals surface area contributed by atoms with Crippen molar-refractivity contribution < 1.29 is 23.1 Å². The van der Waals surface area contributed by atoms with Crippen molar-refractivity contribution in [1.82, 2.24) is 14.6 Å². The predicted octanol–water partition coefficient (Wildman–Crippen LogP) is 5.10. The van der Waals surface area contributed by atoms with Gasteiger partial charge >= 0.3 is 6.18 Å². The van der Waals surface area contributed by atoms with Crippen LogP contribution >= 0.6 is 11.6 Å². The van der Waals surface area contributed by atoms with Crippen LogP contribution in [0.2, 0.25) is 5.02 Å². The minimum atomic E-state index is -4.70. The molecule has 6 nitrogen and oxygen atoms in total. The van der Waals surface area contributed by atoms with Gasteiger partial charge < -0.3 is 10.4 Å². The van der Waals surface area contributed by atoms with E-state index < -0.39 is 17.8 Å². The van der Waals surface area contributed by atoms with Gasteiger partial charge in [-0.05, 0) is 49.1 Å². The van der Waals surface area contributed by atoms with Crippen LogP contribution in [0.15, 0.2) is 18.2 Å². The van der Waals surface area contributed by atoms with Gasteiger partial charge in [0.1, 0.15) is 16.5 Å². The number of rotatable bonds is 3. The van der Waals surface area contributed by atoms with Crippen molar-refractivity contribution in [2.75, 3.05) is 5.32 Å². The summed E-state index contributed by atoms with van der Waals surface area (Å²) in [6.07, 6.45) is -4.70. The second kappa shape index (κ2) is 7.22. The van der Waals surface area contributed by atoms with Gasteiger partial charge in [-0.25, -0.2) is 9.50 Å². The Morgan fingerprint density at radius 3 is 2.48 bits per heavy atom. The number of halogens is 4. The largest absolute Gasteiger partial charge is 0.508 e. The highest BCUT2D eigenvalue weighted by Gasteiger charge is 2.36. The summed E-state index contributed by atoms with van der Waals surface area (Å²) in [6.45, 7) is 6.83. The van der Waals surface area contributed by atoms with E-state index in [1.807, 2.05) is 13.8 Å². The number of phenolic OH excluding ortho intramolecular Hbond substituents is 1. The summed E-state index contributed by atoms with van der Waals surface area (Å²) >= 11 is 6.14. The molecule has 2 aromatic heterocycles. The summed E-state index contributed by atoms with van der Waals surface area (Å²) in [5.41, 5.74) is -0.0415. The third-order valence-corrected chi connectivity index (χ3v) is 4.76. The summed E-state index contributed by atoms with van der Waals surface area (Å²) in [7, 11) is 0. The highest BCUT2D eigenvalue weighted by Crippen LogP contribution is 2.34. The molecule has 0 unspecified atom stereocenters. The van der Waals surface area contributed by atoms with Gasteiger partial charge in [-0.1, -0.05) is 25.4 Å². The van der Waals surface area contributed by atoms with Crippen LogP contribution < -0.4 is 5.32 Å². The van der Waals surface area contributed by atoms with Crippen LogP contribution in [0.25, 0.3) is 5.65 Å². The topological polar surface area (TPSA) is 79.5 Å². The SMILES string of the molecule is Cc1cc(C(F)(F)F)n2nc(C(=O)Nc3cc(C(C)C)c(O)cc3C)c(Cl)c2n1. The summed E-state index contributed by atoms with van der Waals surface area (Å²) in [5, 5.41) is 16.1. The molecule has 154 valence electrons. The molecule has 0 aliphatic rings. The molecule has 0 radical (unpaired) electrons. The second-order valence-corrected chi connectivity index (χ2v) is 7.39. The molecular formula is C19H18ClF3N4O2. The molecule has 0 saturated carbocycles. The lowest BCUT2D eigenvalue weighted by Crippen LogP contribution is -2.16. The Labute approximate surface area is 169 Å². The quantitative estimate of drug-likeness (QED) is 0.571. The summed E-state index contributed by atoms with van der Waals surface area (Å²) < 4.78 is 40.5. The van der Waals surface area contributed by atoms with Crippen molar-refractivity contribution in [3.05, 3.63) is 51.4 Å². The van der Waals surface area contributed by atoms with Crippen LogP contribution in [-0.2, 0) is 6.18 Å². The maximum Gasteiger partial charge on any atom is 0.433 e. The molecule has 0 spiro atoms. The fraction of sp³-hybridized carbons (Fsp3) is 0.316. The Morgan fingerprint density at radius 1 is 1.24 bits per heavy atom. The number of phenols is 1. The van der Waals surface area contributed by atoms with E-state index in [9.17, 15) is 23.1 Å². The summed E-state index contributed by atoms with van der Waals surface area (Å²) in [5.74, 6) is -0.697. The van der Waals surface area contributed by atoms with Gasteiger partial charge in [-0.2, -0.15) is 18.3 Å². The molecule has 2 N–H and O–H groups in total. The maximum atomic E-state index is 13.3. The maximum absolute atomic E-state index is 13.3. The number of aromatic nitrogens is 3. The molecule has 0 aliphatic heterocycles. The van der Waals surface area contributed by atoms with Crippen LogP contribution in [-0.4, -0.2) is 25.6 Å². The van der Waals surface area contributed by atoms with Crippen molar-refractivity contribution >= 4 is 28.8 Å². The van der Waals surface area contributed by atoms with Crippen LogP contribution in [0.5, 0.6) is 5.75 Å². The number of carbonyl (C=O) groups excluding carboxylic acids is 1. The highest BCUT2D eigenvalue weighted by atomic mass is 35.5.